The lowest BCUT2D eigenvalue weighted by molar-refractivity contribution is 0.448. The van der Waals surface area contributed by atoms with E-state index < -0.39 is 0 Å². The van der Waals surface area contributed by atoms with E-state index in [9.17, 15) is 0 Å². The van der Waals surface area contributed by atoms with Gasteiger partial charge in [-0.25, -0.2) is 15.0 Å². The second-order valence-corrected chi connectivity index (χ2v) is 6.79. The van der Waals surface area contributed by atoms with E-state index >= 15 is 0 Å². The highest BCUT2D eigenvalue weighted by atomic mass is 16.3. The van der Waals surface area contributed by atoms with E-state index in [1.807, 2.05) is 43.6 Å². The van der Waals surface area contributed by atoms with Crippen molar-refractivity contribution in [2.45, 2.75) is 32.7 Å². The zero-order valence-corrected chi connectivity index (χ0v) is 15.5. The second kappa shape index (κ2) is 7.58. The molecule has 5 nitrogen and oxygen atoms in total. The number of rotatable bonds is 6. The van der Waals surface area contributed by atoms with Gasteiger partial charge in [0, 0.05) is 23.4 Å². The summed E-state index contributed by atoms with van der Waals surface area (Å²) in [4.78, 5) is 13.1. The van der Waals surface area contributed by atoms with E-state index in [4.69, 9.17) is 9.40 Å². The Hall–Kier alpha value is -3.21. The summed E-state index contributed by atoms with van der Waals surface area (Å²) in [5, 5.41) is 0. The molecule has 0 bridgehead atoms. The molecule has 136 valence electrons. The Balaban J connectivity index is 1.70. The van der Waals surface area contributed by atoms with Gasteiger partial charge in [-0.3, -0.25) is 0 Å². The first-order chi connectivity index (χ1) is 13.2. The Morgan fingerprint density at radius 1 is 1.04 bits per heavy atom. The normalized spacial score (nSPS) is 12.2. The van der Waals surface area contributed by atoms with Gasteiger partial charge in [0.05, 0.1) is 24.3 Å². The Morgan fingerprint density at radius 3 is 2.59 bits per heavy atom. The van der Waals surface area contributed by atoms with Crippen LogP contribution in [-0.4, -0.2) is 19.5 Å². The third-order valence-electron chi connectivity index (χ3n) is 4.72. The second-order valence-electron chi connectivity index (χ2n) is 6.79. The Kier molecular flexibility index (Phi) is 4.83. The largest absolute Gasteiger partial charge is 0.466 e. The van der Waals surface area contributed by atoms with Crippen LogP contribution >= 0.6 is 0 Å². The molecule has 0 aliphatic carbocycles. The molecule has 0 unspecified atom stereocenters. The molecule has 5 heteroatoms. The molecule has 0 aliphatic rings. The van der Waals surface area contributed by atoms with E-state index in [-0.39, 0.29) is 5.92 Å². The number of imidazole rings is 1. The van der Waals surface area contributed by atoms with E-state index in [0.29, 0.717) is 6.54 Å². The van der Waals surface area contributed by atoms with Crippen molar-refractivity contribution in [1.82, 2.24) is 19.5 Å². The van der Waals surface area contributed by atoms with Gasteiger partial charge < -0.3 is 8.98 Å². The van der Waals surface area contributed by atoms with Crippen molar-refractivity contribution in [3.63, 3.8) is 0 Å². The molecular formula is C22H22N4O. The maximum absolute atomic E-state index is 5.85. The Morgan fingerprint density at radius 2 is 1.89 bits per heavy atom. The smallest absolute Gasteiger partial charge is 0.115 e. The minimum atomic E-state index is 0.252. The highest BCUT2D eigenvalue weighted by Crippen LogP contribution is 2.29. The molecule has 3 aromatic heterocycles. The SMILES string of the molecule is Cc1ccc([C@@H](C)Cc2c(-c3ccccc3)ncn2Cc2ccncn2)o1. The predicted molar refractivity (Wildman–Crippen MR) is 104 cm³/mol. The van der Waals surface area contributed by atoms with Crippen LogP contribution in [0.3, 0.4) is 0 Å². The van der Waals surface area contributed by atoms with Crippen molar-refractivity contribution in [3.8, 4) is 11.3 Å². The first kappa shape index (κ1) is 17.2. The molecule has 0 spiro atoms. The molecule has 0 amide bonds. The van der Waals surface area contributed by atoms with Crippen LogP contribution in [0, 0.1) is 6.92 Å². The summed E-state index contributed by atoms with van der Waals surface area (Å²) in [7, 11) is 0. The fourth-order valence-corrected chi connectivity index (χ4v) is 3.29. The Labute approximate surface area is 158 Å². The van der Waals surface area contributed by atoms with Gasteiger partial charge in [-0.05, 0) is 31.5 Å². The fourth-order valence-electron chi connectivity index (χ4n) is 3.29. The van der Waals surface area contributed by atoms with Gasteiger partial charge in [-0.2, -0.15) is 0 Å². The van der Waals surface area contributed by atoms with E-state index in [1.54, 1.807) is 12.5 Å². The van der Waals surface area contributed by atoms with Crippen LogP contribution in [0.25, 0.3) is 11.3 Å². The number of hydrogen-bond acceptors (Lipinski definition) is 4. The molecular weight excluding hydrogens is 336 g/mol. The number of aromatic nitrogens is 4. The molecule has 0 radical (unpaired) electrons. The molecule has 4 aromatic rings. The van der Waals surface area contributed by atoms with Gasteiger partial charge >= 0.3 is 0 Å². The summed E-state index contributed by atoms with van der Waals surface area (Å²) < 4.78 is 8.03. The molecule has 27 heavy (non-hydrogen) atoms. The van der Waals surface area contributed by atoms with Crippen LogP contribution in [0.2, 0.25) is 0 Å². The van der Waals surface area contributed by atoms with Gasteiger partial charge in [0.2, 0.25) is 0 Å². The molecule has 0 aliphatic heterocycles. The molecule has 1 atom stereocenters. The summed E-state index contributed by atoms with van der Waals surface area (Å²) in [6.07, 6.45) is 6.09. The quantitative estimate of drug-likeness (QED) is 0.504. The molecule has 0 N–H and O–H groups in total. The first-order valence-corrected chi connectivity index (χ1v) is 9.11. The summed E-state index contributed by atoms with van der Waals surface area (Å²) in [6.45, 7) is 4.83. The highest BCUT2D eigenvalue weighted by Gasteiger charge is 2.19. The minimum absolute atomic E-state index is 0.252. The number of aryl methyl sites for hydroxylation is 1. The van der Waals surface area contributed by atoms with E-state index in [2.05, 4.69) is 39.7 Å². The van der Waals surface area contributed by atoms with Crippen LogP contribution in [0.5, 0.6) is 0 Å². The van der Waals surface area contributed by atoms with E-state index in [0.717, 1.165) is 34.9 Å². The molecule has 3 heterocycles. The maximum Gasteiger partial charge on any atom is 0.115 e. The monoisotopic (exact) mass is 358 g/mol. The van der Waals surface area contributed by atoms with Crippen LogP contribution in [0.4, 0.5) is 0 Å². The Bertz CT molecular complexity index is 1010. The van der Waals surface area contributed by atoms with Gasteiger partial charge in [0.25, 0.3) is 0 Å². The summed E-state index contributed by atoms with van der Waals surface area (Å²) in [6, 6.07) is 16.3. The number of nitrogens with zero attached hydrogens (tertiary/aromatic N) is 4. The average Bonchev–Trinajstić information content (AvgIpc) is 3.30. The van der Waals surface area contributed by atoms with Gasteiger partial charge in [-0.1, -0.05) is 37.3 Å². The zero-order valence-electron chi connectivity index (χ0n) is 15.5. The third-order valence-corrected chi connectivity index (χ3v) is 4.72. The van der Waals surface area contributed by atoms with Crippen LogP contribution in [0.15, 0.2) is 71.8 Å². The van der Waals surface area contributed by atoms with Gasteiger partial charge in [0.15, 0.2) is 0 Å². The topological polar surface area (TPSA) is 56.7 Å². The summed E-state index contributed by atoms with van der Waals surface area (Å²) >= 11 is 0. The molecule has 1 aromatic carbocycles. The van der Waals surface area contributed by atoms with Crippen molar-refractivity contribution in [3.05, 3.63) is 90.3 Å². The average molecular weight is 358 g/mol. The summed E-state index contributed by atoms with van der Waals surface area (Å²) in [5.41, 5.74) is 4.28. The number of hydrogen-bond donors (Lipinski definition) is 0. The predicted octanol–water partition coefficient (Wildman–Crippen LogP) is 4.64. The van der Waals surface area contributed by atoms with Crippen LogP contribution < -0.4 is 0 Å². The summed E-state index contributed by atoms with van der Waals surface area (Å²) in [5.74, 6) is 2.19. The van der Waals surface area contributed by atoms with Crippen molar-refractivity contribution in [2.24, 2.45) is 0 Å². The van der Waals surface area contributed by atoms with Crippen molar-refractivity contribution in [1.29, 1.82) is 0 Å². The third kappa shape index (κ3) is 3.82. The number of benzene rings is 1. The van der Waals surface area contributed by atoms with Crippen molar-refractivity contribution >= 4 is 0 Å². The molecule has 0 saturated carbocycles. The maximum atomic E-state index is 5.85. The lowest BCUT2D eigenvalue weighted by Crippen LogP contribution is -2.09. The fraction of sp³-hybridized carbons (Fsp3) is 0.227. The van der Waals surface area contributed by atoms with Crippen molar-refractivity contribution < 1.29 is 4.42 Å². The van der Waals surface area contributed by atoms with Crippen LogP contribution in [0.1, 0.15) is 35.7 Å². The molecule has 0 saturated heterocycles. The first-order valence-electron chi connectivity index (χ1n) is 9.11. The lowest BCUT2D eigenvalue weighted by Gasteiger charge is -2.14. The lowest BCUT2D eigenvalue weighted by atomic mass is 9.99. The minimum Gasteiger partial charge on any atom is -0.466 e. The number of furan rings is 1. The van der Waals surface area contributed by atoms with Crippen LogP contribution in [-0.2, 0) is 13.0 Å². The van der Waals surface area contributed by atoms with E-state index in [1.165, 1.54) is 5.69 Å². The highest BCUT2D eigenvalue weighted by molar-refractivity contribution is 5.62. The molecule has 0 fully saturated rings. The van der Waals surface area contributed by atoms with Gasteiger partial charge in [-0.15, -0.1) is 0 Å². The zero-order chi connectivity index (χ0) is 18.6. The van der Waals surface area contributed by atoms with Crippen molar-refractivity contribution in [2.75, 3.05) is 0 Å². The van der Waals surface area contributed by atoms with Gasteiger partial charge in [0.1, 0.15) is 17.8 Å². The standard InChI is InChI=1S/C22H22N4O/c1-16(21-9-8-17(2)27-21)12-20-22(18-6-4-3-5-7-18)25-15-26(20)13-19-10-11-23-14-24-19/h3-11,14-16H,12-13H2,1-2H3/t16-/m0/s1. The molecule has 4 rings (SSSR count).